The molecule has 0 atom stereocenters. The van der Waals surface area contributed by atoms with Crippen molar-refractivity contribution in [2.24, 2.45) is 5.92 Å². The predicted octanol–water partition coefficient (Wildman–Crippen LogP) is 6.34. The SMILES string of the molecule is COC(=O)/C=C/c1cccc(N(Cc2cccc3ccc(N(C)C)c(F)c23)C(=O)C2CCCCC2)c1. The third-order valence-corrected chi connectivity index (χ3v) is 6.87. The van der Waals surface area contributed by atoms with Gasteiger partial charge < -0.3 is 14.5 Å². The summed E-state index contributed by atoms with van der Waals surface area (Å²) >= 11 is 0. The molecule has 36 heavy (non-hydrogen) atoms. The maximum Gasteiger partial charge on any atom is 0.330 e. The summed E-state index contributed by atoms with van der Waals surface area (Å²) < 4.78 is 20.4. The topological polar surface area (TPSA) is 49.9 Å². The summed E-state index contributed by atoms with van der Waals surface area (Å²) in [5.41, 5.74) is 2.76. The fourth-order valence-corrected chi connectivity index (χ4v) is 4.94. The van der Waals surface area contributed by atoms with Crippen LogP contribution in [-0.4, -0.2) is 33.1 Å². The smallest absolute Gasteiger partial charge is 0.330 e. The summed E-state index contributed by atoms with van der Waals surface area (Å²) in [6.07, 6.45) is 7.99. The van der Waals surface area contributed by atoms with E-state index < -0.39 is 5.97 Å². The number of carbonyl (C=O) groups is 2. The van der Waals surface area contributed by atoms with Gasteiger partial charge in [0.1, 0.15) is 0 Å². The molecule has 0 saturated heterocycles. The Bertz CT molecular complexity index is 1280. The van der Waals surface area contributed by atoms with Crippen molar-refractivity contribution in [3.8, 4) is 0 Å². The molecule has 0 radical (unpaired) electrons. The Morgan fingerprint density at radius 1 is 1.03 bits per heavy atom. The number of carbonyl (C=O) groups excluding carboxylic acids is 2. The van der Waals surface area contributed by atoms with Crippen molar-refractivity contribution in [1.82, 2.24) is 0 Å². The molecular formula is C30H33FN2O3. The third-order valence-electron chi connectivity index (χ3n) is 6.87. The molecule has 1 fully saturated rings. The first-order valence-corrected chi connectivity index (χ1v) is 12.4. The van der Waals surface area contributed by atoms with Crippen molar-refractivity contribution in [3.05, 3.63) is 77.6 Å². The third kappa shape index (κ3) is 5.59. The molecule has 3 aromatic rings. The number of amides is 1. The minimum absolute atomic E-state index is 0.0508. The minimum Gasteiger partial charge on any atom is -0.466 e. The zero-order valence-electron chi connectivity index (χ0n) is 21.2. The zero-order chi connectivity index (χ0) is 25.7. The van der Waals surface area contributed by atoms with Gasteiger partial charge in [-0.05, 0) is 53.6 Å². The first-order chi connectivity index (χ1) is 17.4. The fraction of sp³-hybridized carbons (Fsp3) is 0.333. The van der Waals surface area contributed by atoms with Gasteiger partial charge in [-0.2, -0.15) is 0 Å². The van der Waals surface area contributed by atoms with E-state index in [0.29, 0.717) is 11.1 Å². The Hall–Kier alpha value is -3.67. The van der Waals surface area contributed by atoms with Crippen LogP contribution in [0.15, 0.2) is 60.7 Å². The molecule has 1 amide bonds. The van der Waals surface area contributed by atoms with Crippen molar-refractivity contribution in [1.29, 1.82) is 0 Å². The molecule has 1 aliphatic carbocycles. The standard InChI is InChI=1S/C30H33FN2O3/c1-32(2)26-17-16-22-12-8-13-24(28(22)29(26)31)20-33(30(35)23-10-5-4-6-11-23)25-14-7-9-21(19-25)15-18-27(34)36-3/h7-9,12-19,23H,4-6,10-11,20H2,1-3H3/b18-15+. The van der Waals surface area contributed by atoms with Gasteiger partial charge >= 0.3 is 5.97 Å². The van der Waals surface area contributed by atoms with Crippen LogP contribution in [0.4, 0.5) is 15.8 Å². The Morgan fingerprint density at radius 2 is 1.78 bits per heavy atom. The van der Waals surface area contributed by atoms with Gasteiger partial charge in [-0.3, -0.25) is 4.79 Å². The van der Waals surface area contributed by atoms with Crippen LogP contribution in [0.2, 0.25) is 0 Å². The van der Waals surface area contributed by atoms with E-state index >= 15 is 4.39 Å². The number of esters is 1. The summed E-state index contributed by atoms with van der Waals surface area (Å²) in [6, 6.07) is 16.9. The van der Waals surface area contributed by atoms with Crippen molar-refractivity contribution >= 4 is 40.1 Å². The Balaban J connectivity index is 1.77. The molecule has 5 nitrogen and oxygen atoms in total. The highest BCUT2D eigenvalue weighted by Crippen LogP contribution is 2.33. The van der Waals surface area contributed by atoms with Crippen LogP contribution in [0.3, 0.4) is 0 Å². The van der Waals surface area contributed by atoms with Gasteiger partial charge in [-0.1, -0.05) is 55.7 Å². The van der Waals surface area contributed by atoms with E-state index in [4.69, 9.17) is 4.74 Å². The highest BCUT2D eigenvalue weighted by molar-refractivity contribution is 5.97. The molecule has 0 heterocycles. The number of anilines is 2. The number of nitrogens with zero attached hydrogens (tertiary/aromatic N) is 2. The molecule has 0 bridgehead atoms. The van der Waals surface area contributed by atoms with Gasteiger partial charge in [-0.25, -0.2) is 9.18 Å². The first-order valence-electron chi connectivity index (χ1n) is 12.4. The maximum absolute atomic E-state index is 15.7. The molecule has 6 heteroatoms. The fourth-order valence-electron chi connectivity index (χ4n) is 4.94. The number of hydrogen-bond acceptors (Lipinski definition) is 4. The van der Waals surface area contributed by atoms with E-state index in [1.54, 1.807) is 21.9 Å². The van der Waals surface area contributed by atoms with Gasteiger partial charge in [0, 0.05) is 37.2 Å². The summed E-state index contributed by atoms with van der Waals surface area (Å²) in [5.74, 6) is -0.721. The Morgan fingerprint density at radius 3 is 2.50 bits per heavy atom. The van der Waals surface area contributed by atoms with Crippen molar-refractivity contribution in [3.63, 3.8) is 0 Å². The lowest BCUT2D eigenvalue weighted by atomic mass is 9.88. The van der Waals surface area contributed by atoms with E-state index in [1.165, 1.54) is 13.2 Å². The van der Waals surface area contributed by atoms with Crippen molar-refractivity contribution < 1.29 is 18.7 Å². The lowest BCUT2D eigenvalue weighted by Crippen LogP contribution is -2.36. The minimum atomic E-state index is -0.446. The van der Waals surface area contributed by atoms with Crippen LogP contribution in [0, 0.1) is 11.7 Å². The maximum atomic E-state index is 15.7. The highest BCUT2D eigenvalue weighted by atomic mass is 19.1. The first kappa shape index (κ1) is 25.4. The van der Waals surface area contributed by atoms with Gasteiger partial charge in [0.05, 0.1) is 19.3 Å². The monoisotopic (exact) mass is 488 g/mol. The number of halogens is 1. The predicted molar refractivity (Wildman–Crippen MR) is 143 cm³/mol. The second-order valence-electron chi connectivity index (χ2n) is 9.52. The Kier molecular flexibility index (Phi) is 8.04. The molecule has 0 aromatic heterocycles. The quantitative estimate of drug-likeness (QED) is 0.287. The van der Waals surface area contributed by atoms with Crippen LogP contribution < -0.4 is 9.80 Å². The van der Waals surface area contributed by atoms with E-state index in [-0.39, 0.29) is 24.2 Å². The molecule has 0 unspecified atom stereocenters. The van der Waals surface area contributed by atoms with Gasteiger partial charge in [-0.15, -0.1) is 0 Å². The lowest BCUT2D eigenvalue weighted by molar-refractivity contribution is -0.134. The van der Waals surface area contributed by atoms with Crippen molar-refractivity contribution in [2.45, 2.75) is 38.6 Å². The van der Waals surface area contributed by atoms with E-state index in [9.17, 15) is 9.59 Å². The summed E-state index contributed by atoms with van der Waals surface area (Å²) in [5, 5.41) is 1.34. The lowest BCUT2D eigenvalue weighted by Gasteiger charge is -2.30. The van der Waals surface area contributed by atoms with Crippen LogP contribution in [0.25, 0.3) is 16.8 Å². The summed E-state index contributed by atoms with van der Waals surface area (Å²) in [6.45, 7) is 0.255. The van der Waals surface area contributed by atoms with Gasteiger partial charge in [0.25, 0.3) is 0 Å². The number of methoxy groups -OCH3 is 1. The number of ether oxygens (including phenoxy) is 1. The number of rotatable bonds is 7. The second kappa shape index (κ2) is 11.4. The number of fused-ring (bicyclic) bond motifs is 1. The molecule has 1 aliphatic rings. The highest BCUT2D eigenvalue weighted by Gasteiger charge is 2.28. The zero-order valence-corrected chi connectivity index (χ0v) is 21.2. The van der Waals surface area contributed by atoms with Crippen LogP contribution in [-0.2, 0) is 20.9 Å². The van der Waals surface area contributed by atoms with Crippen LogP contribution in [0.1, 0.15) is 43.2 Å². The summed E-state index contributed by atoms with van der Waals surface area (Å²) in [7, 11) is 4.97. The molecule has 4 rings (SSSR count). The normalized spacial score (nSPS) is 14.2. The van der Waals surface area contributed by atoms with Crippen molar-refractivity contribution in [2.75, 3.05) is 31.0 Å². The number of hydrogen-bond donors (Lipinski definition) is 0. The van der Waals surface area contributed by atoms with E-state index in [0.717, 1.165) is 54.3 Å². The average molecular weight is 489 g/mol. The molecule has 1 saturated carbocycles. The molecule has 0 spiro atoms. The molecule has 0 N–H and O–H groups in total. The largest absolute Gasteiger partial charge is 0.466 e. The second-order valence-corrected chi connectivity index (χ2v) is 9.52. The summed E-state index contributed by atoms with van der Waals surface area (Å²) in [4.78, 5) is 29.0. The molecule has 3 aromatic carbocycles. The van der Waals surface area contributed by atoms with E-state index in [2.05, 4.69) is 0 Å². The molecule has 0 aliphatic heterocycles. The van der Waals surface area contributed by atoms with Gasteiger partial charge in [0.2, 0.25) is 5.91 Å². The van der Waals surface area contributed by atoms with Crippen LogP contribution in [0.5, 0.6) is 0 Å². The number of benzene rings is 3. The van der Waals surface area contributed by atoms with Crippen LogP contribution >= 0.6 is 0 Å². The molecular weight excluding hydrogens is 455 g/mol. The Labute approximate surface area is 212 Å². The average Bonchev–Trinajstić information content (AvgIpc) is 2.90. The molecule has 188 valence electrons. The van der Waals surface area contributed by atoms with Gasteiger partial charge in [0.15, 0.2) is 5.82 Å². The van der Waals surface area contributed by atoms with E-state index in [1.807, 2.05) is 62.6 Å².